The fourth-order valence-corrected chi connectivity index (χ4v) is 3.27. The molecule has 0 saturated carbocycles. The molecule has 1 amide bonds. The molecule has 3 aromatic rings. The van der Waals surface area contributed by atoms with Gasteiger partial charge < -0.3 is 15.2 Å². The van der Waals surface area contributed by atoms with Gasteiger partial charge in [0, 0.05) is 16.8 Å². The average Bonchev–Trinajstić information content (AvgIpc) is 2.89. The second kappa shape index (κ2) is 11.5. The molecule has 0 aromatic heterocycles. The van der Waals surface area contributed by atoms with Crippen LogP contribution in [-0.2, 0) is 9.59 Å². The van der Waals surface area contributed by atoms with Crippen molar-refractivity contribution in [3.8, 4) is 23.7 Å². The van der Waals surface area contributed by atoms with E-state index in [1.165, 1.54) is 32.9 Å². The number of benzene rings is 3. The number of halogens is 3. The largest absolute Gasteiger partial charge is 0.483 e. The molecule has 10 heteroatoms. The summed E-state index contributed by atoms with van der Waals surface area (Å²) in [6.07, 6.45) is 0. The third-order valence-corrected chi connectivity index (χ3v) is 5.54. The fraction of sp³-hybridized carbons (Fsp3) is 0.172. The van der Waals surface area contributed by atoms with E-state index >= 15 is 0 Å². The number of nitrogens with zero attached hydrogens (tertiary/aromatic N) is 1. The van der Waals surface area contributed by atoms with Gasteiger partial charge in [-0.1, -0.05) is 11.8 Å². The number of amides is 1. The highest BCUT2D eigenvalue weighted by molar-refractivity contribution is 6.11. The first-order valence-corrected chi connectivity index (χ1v) is 11.4. The molecule has 3 aromatic carbocycles. The number of hydrogen-bond acceptors (Lipinski definition) is 5. The molecule has 0 heterocycles. The van der Waals surface area contributed by atoms with Gasteiger partial charge in [0.25, 0.3) is 5.91 Å². The molecule has 0 unspecified atom stereocenters. The van der Waals surface area contributed by atoms with Crippen LogP contribution in [0.2, 0.25) is 0 Å². The molecule has 0 saturated heterocycles. The molecule has 0 spiro atoms. The van der Waals surface area contributed by atoms with Gasteiger partial charge in [-0.25, -0.2) is 13.2 Å². The van der Waals surface area contributed by atoms with Crippen molar-refractivity contribution in [1.82, 2.24) is 0 Å². The Morgan fingerprint density at radius 2 is 1.74 bits per heavy atom. The van der Waals surface area contributed by atoms with Crippen LogP contribution in [0, 0.1) is 53.0 Å². The van der Waals surface area contributed by atoms with E-state index < -0.39 is 47.1 Å². The Morgan fingerprint density at radius 3 is 2.41 bits per heavy atom. The summed E-state index contributed by atoms with van der Waals surface area (Å²) < 4.78 is 48.0. The maximum absolute atomic E-state index is 14.8. The maximum Gasteiger partial charge on any atom is 0.321 e. The standard InChI is InChI=1S/C29H21F3N2O5/c1-16-23(6-4-18(26(16)32)8-9-29(2,3)28(37)38)34-25(35)15-39-24-7-5-20(30)13-22(24)27(36)19-10-17(14-33)11-21(31)12-19/h4-7,10-13H,15H2,1-3H3,(H,34,35)(H,37,38). The molecular formula is C29H21F3N2O5. The van der Waals surface area contributed by atoms with Gasteiger partial charge in [0.1, 0.15) is 28.6 Å². The summed E-state index contributed by atoms with van der Waals surface area (Å²) in [5, 5.41) is 20.6. The predicted molar refractivity (Wildman–Crippen MR) is 135 cm³/mol. The number of anilines is 1. The number of aliphatic carboxylic acids is 1. The summed E-state index contributed by atoms with van der Waals surface area (Å²) in [7, 11) is 0. The topological polar surface area (TPSA) is 116 Å². The second-order valence-electron chi connectivity index (χ2n) is 8.93. The van der Waals surface area contributed by atoms with E-state index in [1.807, 2.05) is 0 Å². The number of nitriles is 1. The number of carboxylic acid groups (broad SMARTS) is 1. The fourth-order valence-electron chi connectivity index (χ4n) is 3.27. The third kappa shape index (κ3) is 6.82. The first kappa shape index (κ1) is 28.5. The number of hydrogen-bond donors (Lipinski definition) is 2. The Hall–Kier alpha value is -5.09. The van der Waals surface area contributed by atoms with Crippen LogP contribution in [0.5, 0.6) is 5.75 Å². The first-order valence-electron chi connectivity index (χ1n) is 11.4. The Labute approximate surface area is 221 Å². The number of ether oxygens (including phenoxy) is 1. The van der Waals surface area contributed by atoms with Gasteiger partial charge in [-0.05, 0) is 69.3 Å². The summed E-state index contributed by atoms with van der Waals surface area (Å²) in [6, 6.07) is 10.3. The van der Waals surface area contributed by atoms with Crippen molar-refractivity contribution in [3.63, 3.8) is 0 Å². The number of ketones is 1. The molecule has 0 aliphatic heterocycles. The maximum atomic E-state index is 14.8. The lowest BCUT2D eigenvalue weighted by Gasteiger charge is -2.13. The zero-order chi connectivity index (χ0) is 28.9. The summed E-state index contributed by atoms with van der Waals surface area (Å²) in [6.45, 7) is 3.51. The Bertz CT molecular complexity index is 1600. The van der Waals surface area contributed by atoms with E-state index in [4.69, 9.17) is 15.1 Å². The van der Waals surface area contributed by atoms with Crippen LogP contribution in [0.3, 0.4) is 0 Å². The minimum absolute atomic E-state index is 0.0420. The Kier molecular flexibility index (Phi) is 8.42. The predicted octanol–water partition coefficient (Wildman–Crippen LogP) is 4.99. The Morgan fingerprint density at radius 1 is 1.03 bits per heavy atom. The highest BCUT2D eigenvalue weighted by Crippen LogP contribution is 2.25. The van der Waals surface area contributed by atoms with Gasteiger partial charge in [-0.3, -0.25) is 14.4 Å². The normalized spacial score (nSPS) is 10.6. The van der Waals surface area contributed by atoms with Gasteiger partial charge in [0.2, 0.25) is 0 Å². The Balaban J connectivity index is 1.77. The lowest BCUT2D eigenvalue weighted by molar-refractivity contribution is -0.143. The number of carbonyl (C=O) groups excluding carboxylic acids is 2. The minimum Gasteiger partial charge on any atom is -0.483 e. The summed E-state index contributed by atoms with van der Waals surface area (Å²) in [5.74, 6) is -0.271. The zero-order valence-electron chi connectivity index (χ0n) is 21.0. The van der Waals surface area contributed by atoms with Crippen LogP contribution in [0.25, 0.3) is 0 Å². The molecule has 7 nitrogen and oxygen atoms in total. The van der Waals surface area contributed by atoms with E-state index in [1.54, 1.807) is 6.07 Å². The van der Waals surface area contributed by atoms with Crippen molar-refractivity contribution in [2.45, 2.75) is 20.8 Å². The van der Waals surface area contributed by atoms with Gasteiger partial charge in [-0.15, -0.1) is 0 Å². The van der Waals surface area contributed by atoms with Crippen LogP contribution in [0.1, 0.15) is 46.5 Å². The van der Waals surface area contributed by atoms with Crippen molar-refractivity contribution in [2.24, 2.45) is 5.41 Å². The molecule has 0 bridgehead atoms. The quantitative estimate of drug-likeness (QED) is 0.326. The smallest absolute Gasteiger partial charge is 0.321 e. The lowest BCUT2D eigenvalue weighted by Crippen LogP contribution is -2.22. The monoisotopic (exact) mass is 534 g/mol. The van der Waals surface area contributed by atoms with E-state index in [0.29, 0.717) is 0 Å². The third-order valence-electron chi connectivity index (χ3n) is 5.54. The van der Waals surface area contributed by atoms with Gasteiger partial charge in [0.05, 0.1) is 22.8 Å². The van der Waals surface area contributed by atoms with Crippen LogP contribution >= 0.6 is 0 Å². The van der Waals surface area contributed by atoms with Crippen molar-refractivity contribution < 1.29 is 37.4 Å². The molecule has 2 N–H and O–H groups in total. The minimum atomic E-state index is -1.39. The molecule has 3 rings (SSSR count). The zero-order valence-corrected chi connectivity index (χ0v) is 21.0. The van der Waals surface area contributed by atoms with Crippen LogP contribution in [0.4, 0.5) is 18.9 Å². The summed E-state index contributed by atoms with van der Waals surface area (Å²) in [5.41, 5.74) is -1.93. The molecule has 198 valence electrons. The van der Waals surface area contributed by atoms with E-state index in [2.05, 4.69) is 17.2 Å². The summed E-state index contributed by atoms with van der Waals surface area (Å²) >= 11 is 0. The first-order chi connectivity index (χ1) is 18.3. The van der Waals surface area contributed by atoms with E-state index in [0.717, 1.165) is 36.4 Å². The number of rotatable bonds is 7. The molecule has 0 fully saturated rings. The summed E-state index contributed by atoms with van der Waals surface area (Å²) in [4.78, 5) is 36.7. The second-order valence-corrected chi connectivity index (χ2v) is 8.93. The van der Waals surface area contributed by atoms with E-state index in [-0.39, 0.29) is 39.3 Å². The highest BCUT2D eigenvalue weighted by Gasteiger charge is 2.24. The van der Waals surface area contributed by atoms with Crippen LogP contribution < -0.4 is 10.1 Å². The van der Waals surface area contributed by atoms with Crippen molar-refractivity contribution >= 4 is 23.3 Å². The lowest BCUT2D eigenvalue weighted by atomic mass is 9.94. The van der Waals surface area contributed by atoms with E-state index in [9.17, 15) is 27.6 Å². The van der Waals surface area contributed by atoms with Crippen LogP contribution in [0.15, 0.2) is 48.5 Å². The van der Waals surface area contributed by atoms with Crippen molar-refractivity contribution in [3.05, 3.63) is 93.8 Å². The molecule has 0 aliphatic rings. The molecule has 0 aliphatic carbocycles. The number of carboxylic acids is 1. The number of carbonyl (C=O) groups is 3. The molecular weight excluding hydrogens is 513 g/mol. The van der Waals surface area contributed by atoms with Gasteiger partial charge in [-0.2, -0.15) is 5.26 Å². The molecule has 0 atom stereocenters. The molecule has 0 radical (unpaired) electrons. The average molecular weight is 534 g/mol. The van der Waals surface area contributed by atoms with Gasteiger partial charge >= 0.3 is 5.97 Å². The highest BCUT2D eigenvalue weighted by atomic mass is 19.1. The number of nitrogens with one attached hydrogen (secondary N) is 1. The SMILES string of the molecule is Cc1c(NC(=O)COc2ccc(F)cc2C(=O)c2cc(F)cc(C#N)c2)ccc(C#CC(C)(C)C(=O)O)c1F. The molecule has 39 heavy (non-hydrogen) atoms. The van der Waals surface area contributed by atoms with Crippen LogP contribution in [-0.4, -0.2) is 29.4 Å². The van der Waals surface area contributed by atoms with Crippen molar-refractivity contribution in [1.29, 1.82) is 5.26 Å². The van der Waals surface area contributed by atoms with Crippen molar-refractivity contribution in [2.75, 3.05) is 11.9 Å². The van der Waals surface area contributed by atoms with Gasteiger partial charge in [0.15, 0.2) is 12.4 Å².